The van der Waals surface area contributed by atoms with E-state index in [0.717, 1.165) is 11.8 Å². The van der Waals surface area contributed by atoms with Crippen LogP contribution in [0.25, 0.3) is 0 Å². The molecule has 0 aliphatic carbocycles. The summed E-state index contributed by atoms with van der Waals surface area (Å²) < 4.78 is 117. The van der Waals surface area contributed by atoms with Gasteiger partial charge in [0.1, 0.15) is 5.82 Å². The molecule has 2 aromatic carbocycles. The number of rotatable bonds is 7. The zero-order chi connectivity index (χ0) is 22.7. The van der Waals surface area contributed by atoms with E-state index in [1.165, 1.54) is 18.2 Å². The Hall–Kier alpha value is -1.50. The van der Waals surface area contributed by atoms with Crippen molar-refractivity contribution in [3.63, 3.8) is 0 Å². The van der Waals surface area contributed by atoms with Crippen molar-refractivity contribution in [2.24, 2.45) is 0 Å². The van der Waals surface area contributed by atoms with Gasteiger partial charge in [0.05, 0.1) is 16.0 Å². The number of hydrogen-bond acceptors (Lipinski definition) is 3. The molecule has 2 rings (SSSR count). The summed E-state index contributed by atoms with van der Waals surface area (Å²) in [5, 5.41) is 0.173. The summed E-state index contributed by atoms with van der Waals surface area (Å²) in [6.07, 6.45) is -10.3. The van der Waals surface area contributed by atoms with E-state index in [-0.39, 0.29) is 46.8 Å². The molecule has 0 aliphatic rings. The van der Waals surface area contributed by atoms with Gasteiger partial charge in [0.25, 0.3) is 0 Å². The highest BCUT2D eigenvalue weighted by Gasteiger charge is 2.38. The molecule has 0 radical (unpaired) electrons. The van der Waals surface area contributed by atoms with E-state index in [1.54, 1.807) is 0 Å². The minimum Gasteiger partial charge on any atom is -0.210 e. The second-order valence-electron chi connectivity index (χ2n) is 5.89. The third kappa shape index (κ3) is 6.50. The predicted molar refractivity (Wildman–Crippen MR) is 99.2 cm³/mol. The van der Waals surface area contributed by atoms with E-state index in [9.17, 15) is 39.2 Å². The van der Waals surface area contributed by atoms with Crippen LogP contribution >= 0.6 is 23.4 Å². The molecule has 0 spiro atoms. The van der Waals surface area contributed by atoms with E-state index in [1.807, 2.05) is 4.72 Å². The number of halogens is 8. The number of sulfonamides is 1. The lowest BCUT2D eigenvalue weighted by molar-refractivity contribution is -0.143. The standard InChI is InChI=1S/C17H13ClF7NO2S2/c18-14-2-1-3-15(19)13(14)9-29-5-4-26-30(27,28)12-7-10(16(20,21)22)6-11(8-12)17(23,24)25/h1-3,6-8,26H,4-5,9H2. The highest BCUT2D eigenvalue weighted by molar-refractivity contribution is 7.98. The topological polar surface area (TPSA) is 46.2 Å². The molecule has 30 heavy (non-hydrogen) atoms. The first-order valence-electron chi connectivity index (χ1n) is 8.01. The van der Waals surface area contributed by atoms with Gasteiger partial charge < -0.3 is 0 Å². The van der Waals surface area contributed by atoms with Gasteiger partial charge in [0.15, 0.2) is 0 Å². The van der Waals surface area contributed by atoms with Crippen molar-refractivity contribution < 1.29 is 39.2 Å². The first-order chi connectivity index (χ1) is 13.7. The molecule has 0 heterocycles. The molecule has 0 bridgehead atoms. The molecular formula is C17H13ClF7NO2S2. The van der Waals surface area contributed by atoms with Gasteiger partial charge in [-0.2, -0.15) is 38.1 Å². The van der Waals surface area contributed by atoms with E-state index in [4.69, 9.17) is 11.6 Å². The first-order valence-corrected chi connectivity index (χ1v) is 11.0. The molecule has 166 valence electrons. The molecule has 0 fully saturated rings. The molecule has 0 saturated carbocycles. The number of nitrogens with one attached hydrogen (secondary N) is 1. The maximum absolute atomic E-state index is 13.6. The van der Waals surface area contributed by atoms with E-state index in [2.05, 4.69) is 0 Å². The molecule has 0 saturated heterocycles. The maximum atomic E-state index is 13.6. The minimum atomic E-state index is -5.17. The lowest BCUT2D eigenvalue weighted by Gasteiger charge is -2.15. The monoisotopic (exact) mass is 495 g/mol. The van der Waals surface area contributed by atoms with Crippen molar-refractivity contribution in [3.8, 4) is 0 Å². The fraction of sp³-hybridized carbons (Fsp3) is 0.294. The highest BCUT2D eigenvalue weighted by Crippen LogP contribution is 2.37. The average molecular weight is 496 g/mol. The van der Waals surface area contributed by atoms with Crippen LogP contribution in [0.1, 0.15) is 16.7 Å². The SMILES string of the molecule is O=S(=O)(NCCSCc1c(F)cccc1Cl)c1cc(C(F)(F)F)cc(C(F)(F)F)c1. The molecule has 2 aromatic rings. The second-order valence-corrected chi connectivity index (χ2v) is 9.17. The van der Waals surface area contributed by atoms with Gasteiger partial charge in [-0.05, 0) is 30.3 Å². The Balaban J connectivity index is 2.10. The van der Waals surface area contributed by atoms with Gasteiger partial charge in [-0.3, -0.25) is 0 Å². The van der Waals surface area contributed by atoms with Gasteiger partial charge in [0, 0.05) is 28.6 Å². The highest BCUT2D eigenvalue weighted by atomic mass is 35.5. The third-order valence-electron chi connectivity index (χ3n) is 3.72. The van der Waals surface area contributed by atoms with Crippen LogP contribution in [0.5, 0.6) is 0 Å². The molecule has 13 heteroatoms. The van der Waals surface area contributed by atoms with E-state index >= 15 is 0 Å². The number of alkyl halides is 6. The molecule has 0 aliphatic heterocycles. The Labute approximate surface area is 176 Å². The van der Waals surface area contributed by atoms with Crippen molar-refractivity contribution in [2.45, 2.75) is 23.0 Å². The lowest BCUT2D eigenvalue weighted by atomic mass is 10.1. The van der Waals surface area contributed by atoms with E-state index < -0.39 is 44.2 Å². The van der Waals surface area contributed by atoms with Crippen molar-refractivity contribution in [1.29, 1.82) is 0 Å². The molecule has 0 atom stereocenters. The quantitative estimate of drug-likeness (QED) is 0.394. The summed E-state index contributed by atoms with van der Waals surface area (Å²) in [7, 11) is -4.65. The van der Waals surface area contributed by atoms with Crippen LogP contribution < -0.4 is 4.72 Å². The first kappa shape index (κ1) is 24.8. The Morgan fingerprint density at radius 1 is 0.967 bits per heavy atom. The van der Waals surface area contributed by atoms with Crippen LogP contribution in [0.15, 0.2) is 41.3 Å². The largest absolute Gasteiger partial charge is 0.416 e. The Kier molecular flexibility index (Phi) is 7.70. The predicted octanol–water partition coefficient (Wildman–Crippen LogP) is 5.73. The fourth-order valence-corrected chi connectivity index (χ4v) is 4.69. The number of thioether (sulfide) groups is 1. The van der Waals surface area contributed by atoms with E-state index in [0.29, 0.717) is 0 Å². The molecule has 3 nitrogen and oxygen atoms in total. The maximum Gasteiger partial charge on any atom is 0.416 e. The van der Waals surface area contributed by atoms with Gasteiger partial charge >= 0.3 is 12.4 Å². The average Bonchev–Trinajstić information content (AvgIpc) is 2.61. The lowest BCUT2D eigenvalue weighted by Crippen LogP contribution is -2.27. The minimum absolute atomic E-state index is 0.0645. The summed E-state index contributed by atoms with van der Waals surface area (Å²) in [6.45, 7) is -0.309. The van der Waals surface area contributed by atoms with Crippen molar-refractivity contribution in [3.05, 3.63) is 63.9 Å². The molecule has 0 amide bonds. The fourth-order valence-electron chi connectivity index (χ4n) is 2.26. The van der Waals surface area contributed by atoms with Crippen LogP contribution in [0.2, 0.25) is 5.02 Å². The Morgan fingerprint density at radius 3 is 2.03 bits per heavy atom. The van der Waals surface area contributed by atoms with Gasteiger partial charge in [-0.15, -0.1) is 0 Å². The van der Waals surface area contributed by atoms with Crippen LogP contribution in [0, 0.1) is 5.82 Å². The molecular weight excluding hydrogens is 483 g/mol. The molecule has 0 unspecified atom stereocenters. The van der Waals surface area contributed by atoms with Gasteiger partial charge in [0.2, 0.25) is 10.0 Å². The third-order valence-corrected chi connectivity index (χ3v) is 6.50. The molecule has 0 aromatic heterocycles. The van der Waals surface area contributed by atoms with Crippen molar-refractivity contribution >= 4 is 33.4 Å². The summed E-state index contributed by atoms with van der Waals surface area (Å²) in [5.41, 5.74) is -3.28. The Morgan fingerprint density at radius 2 is 1.53 bits per heavy atom. The zero-order valence-electron chi connectivity index (χ0n) is 14.7. The summed E-state index contributed by atoms with van der Waals surface area (Å²) >= 11 is 6.92. The van der Waals surface area contributed by atoms with Gasteiger partial charge in [-0.25, -0.2) is 17.5 Å². The van der Waals surface area contributed by atoms with Crippen LogP contribution in [-0.2, 0) is 28.1 Å². The van der Waals surface area contributed by atoms with Crippen molar-refractivity contribution in [2.75, 3.05) is 12.3 Å². The summed E-state index contributed by atoms with van der Waals surface area (Å²) in [4.78, 5) is -1.16. The number of hydrogen-bond donors (Lipinski definition) is 1. The van der Waals surface area contributed by atoms with Crippen molar-refractivity contribution in [1.82, 2.24) is 4.72 Å². The molecule has 1 N–H and O–H groups in total. The number of benzene rings is 2. The van der Waals surface area contributed by atoms with Crippen LogP contribution in [0.3, 0.4) is 0 Å². The second kappa shape index (κ2) is 9.33. The zero-order valence-corrected chi connectivity index (χ0v) is 17.1. The Bertz CT molecular complexity index is 956. The summed E-state index contributed by atoms with van der Waals surface area (Å²) in [5.74, 6) is -0.400. The van der Waals surface area contributed by atoms with Crippen LogP contribution in [-0.4, -0.2) is 20.7 Å². The van der Waals surface area contributed by atoms with Gasteiger partial charge in [-0.1, -0.05) is 17.7 Å². The normalized spacial score (nSPS) is 12.9. The summed E-state index contributed by atoms with van der Waals surface area (Å²) in [6, 6.07) is 4.16. The smallest absolute Gasteiger partial charge is 0.210 e. The van der Waals surface area contributed by atoms with Crippen LogP contribution in [0.4, 0.5) is 30.7 Å².